The van der Waals surface area contributed by atoms with Crippen molar-refractivity contribution >= 4 is 35.0 Å². The number of rotatable bonds is 9. The monoisotopic (exact) mass is 361 g/mol. The molecule has 0 N–H and O–H groups in total. The van der Waals surface area contributed by atoms with E-state index in [4.69, 9.17) is 32.7 Å². The van der Waals surface area contributed by atoms with Crippen molar-refractivity contribution in [3.05, 3.63) is 34.6 Å². The first-order valence-electron chi connectivity index (χ1n) is 6.78. The maximum atomic E-state index is 6.05. The number of ether oxygens (including phenoxy) is 2. The second-order valence-corrected chi connectivity index (χ2v) is 6.28. The molecule has 0 aliphatic heterocycles. The third-order valence-electron chi connectivity index (χ3n) is 2.81. The van der Waals surface area contributed by atoms with E-state index in [2.05, 4.69) is 10.2 Å². The number of methoxy groups -OCH3 is 1. The van der Waals surface area contributed by atoms with Crippen LogP contribution in [0.15, 0.2) is 29.7 Å². The minimum absolute atomic E-state index is 0.485. The zero-order chi connectivity index (χ0) is 15.8. The van der Waals surface area contributed by atoms with Crippen molar-refractivity contribution in [2.45, 2.75) is 18.1 Å². The van der Waals surface area contributed by atoms with Crippen LogP contribution in [0.2, 0.25) is 10.0 Å². The molecule has 1 aromatic carbocycles. The summed E-state index contributed by atoms with van der Waals surface area (Å²) < 4.78 is 12.7. The number of aryl methyl sites for hydroxylation is 1. The van der Waals surface area contributed by atoms with Crippen LogP contribution in [0.1, 0.15) is 6.42 Å². The van der Waals surface area contributed by atoms with E-state index in [0.717, 1.165) is 30.5 Å². The van der Waals surface area contributed by atoms with Crippen LogP contribution in [0, 0.1) is 0 Å². The molecule has 0 unspecified atom stereocenters. The largest absolute Gasteiger partial charge is 0.490 e. The van der Waals surface area contributed by atoms with Crippen LogP contribution in [-0.4, -0.2) is 40.8 Å². The van der Waals surface area contributed by atoms with Crippen molar-refractivity contribution in [3.63, 3.8) is 0 Å². The lowest BCUT2D eigenvalue weighted by molar-refractivity contribution is 0.189. The molecule has 1 heterocycles. The molecule has 0 saturated heterocycles. The van der Waals surface area contributed by atoms with Gasteiger partial charge in [-0.3, -0.25) is 0 Å². The molecule has 0 amide bonds. The highest BCUT2D eigenvalue weighted by Crippen LogP contribution is 2.32. The Bertz CT molecular complexity index is 575. The summed E-state index contributed by atoms with van der Waals surface area (Å²) in [6.07, 6.45) is 2.65. The van der Waals surface area contributed by atoms with Crippen LogP contribution in [0.5, 0.6) is 5.75 Å². The molecule has 5 nitrogen and oxygen atoms in total. The lowest BCUT2D eigenvalue weighted by atomic mass is 10.3. The first kappa shape index (κ1) is 17.4. The molecule has 22 heavy (non-hydrogen) atoms. The van der Waals surface area contributed by atoms with Crippen molar-refractivity contribution in [2.24, 2.45) is 0 Å². The fourth-order valence-corrected chi connectivity index (χ4v) is 3.05. The molecule has 0 aliphatic carbocycles. The summed E-state index contributed by atoms with van der Waals surface area (Å²) in [5, 5.41) is 9.93. The maximum absolute atomic E-state index is 6.05. The fourth-order valence-electron chi connectivity index (χ4n) is 1.79. The number of para-hydroxylation sites is 1. The number of nitrogens with zero attached hydrogens (tertiary/aromatic N) is 3. The quantitative estimate of drug-likeness (QED) is 0.502. The molecule has 0 saturated carbocycles. The molecular formula is C14H17Cl2N3O2S. The van der Waals surface area contributed by atoms with Crippen molar-refractivity contribution in [3.8, 4) is 5.75 Å². The summed E-state index contributed by atoms with van der Waals surface area (Å²) in [6.45, 7) is 2.04. The van der Waals surface area contributed by atoms with Gasteiger partial charge in [-0.2, -0.15) is 0 Å². The Morgan fingerprint density at radius 1 is 1.23 bits per heavy atom. The van der Waals surface area contributed by atoms with E-state index < -0.39 is 0 Å². The summed E-state index contributed by atoms with van der Waals surface area (Å²) >= 11 is 13.7. The van der Waals surface area contributed by atoms with E-state index in [1.807, 2.05) is 4.57 Å². The third-order valence-corrected chi connectivity index (χ3v) is 4.35. The first-order chi connectivity index (χ1) is 10.7. The molecule has 120 valence electrons. The zero-order valence-corrected chi connectivity index (χ0v) is 14.5. The van der Waals surface area contributed by atoms with Gasteiger partial charge in [0.1, 0.15) is 6.33 Å². The number of thioether (sulfide) groups is 1. The van der Waals surface area contributed by atoms with Gasteiger partial charge >= 0.3 is 0 Å². The van der Waals surface area contributed by atoms with Gasteiger partial charge in [0.05, 0.1) is 16.7 Å². The molecular weight excluding hydrogens is 345 g/mol. The minimum Gasteiger partial charge on any atom is -0.490 e. The minimum atomic E-state index is 0.485. The Morgan fingerprint density at radius 2 is 2.00 bits per heavy atom. The van der Waals surface area contributed by atoms with Crippen LogP contribution >= 0.6 is 35.0 Å². The van der Waals surface area contributed by atoms with E-state index in [-0.39, 0.29) is 0 Å². The normalized spacial score (nSPS) is 10.9. The average molecular weight is 362 g/mol. The molecule has 0 spiro atoms. The molecule has 2 aromatic rings. The SMILES string of the molecule is COCCCn1cnnc1SCCOc1c(Cl)cccc1Cl. The summed E-state index contributed by atoms with van der Waals surface area (Å²) in [6, 6.07) is 5.29. The van der Waals surface area contributed by atoms with E-state index in [0.29, 0.717) is 22.4 Å². The van der Waals surface area contributed by atoms with E-state index in [9.17, 15) is 0 Å². The summed E-state index contributed by atoms with van der Waals surface area (Å²) in [5.74, 6) is 1.25. The van der Waals surface area contributed by atoms with E-state index >= 15 is 0 Å². The van der Waals surface area contributed by atoms with E-state index in [1.165, 1.54) is 0 Å². The lowest BCUT2D eigenvalue weighted by Gasteiger charge is -2.09. The second-order valence-electron chi connectivity index (χ2n) is 4.40. The molecule has 8 heteroatoms. The Morgan fingerprint density at radius 3 is 2.73 bits per heavy atom. The van der Waals surface area contributed by atoms with Gasteiger partial charge < -0.3 is 14.0 Å². The summed E-state index contributed by atoms with van der Waals surface area (Å²) in [7, 11) is 1.69. The zero-order valence-electron chi connectivity index (χ0n) is 12.2. The molecule has 0 radical (unpaired) electrons. The fraction of sp³-hybridized carbons (Fsp3) is 0.429. The highest BCUT2D eigenvalue weighted by Gasteiger charge is 2.08. The average Bonchev–Trinajstić information content (AvgIpc) is 2.94. The van der Waals surface area contributed by atoms with Crippen LogP contribution in [0.3, 0.4) is 0 Å². The highest BCUT2D eigenvalue weighted by molar-refractivity contribution is 7.99. The van der Waals surface area contributed by atoms with Gasteiger partial charge in [0.15, 0.2) is 10.9 Å². The summed E-state index contributed by atoms with van der Waals surface area (Å²) in [5.41, 5.74) is 0. The van der Waals surface area contributed by atoms with Gasteiger partial charge in [-0.15, -0.1) is 10.2 Å². The van der Waals surface area contributed by atoms with Crippen LogP contribution in [-0.2, 0) is 11.3 Å². The smallest absolute Gasteiger partial charge is 0.191 e. The number of halogens is 2. The number of hydrogen-bond donors (Lipinski definition) is 0. The Balaban J connectivity index is 1.78. The standard InChI is InChI=1S/C14H17Cl2N3O2S/c1-20-7-3-6-19-10-17-18-14(19)22-9-8-21-13-11(15)4-2-5-12(13)16/h2,4-5,10H,3,6-9H2,1H3. The molecule has 1 aromatic heterocycles. The predicted molar refractivity (Wildman–Crippen MR) is 89.2 cm³/mol. The van der Waals surface area contributed by atoms with Gasteiger partial charge in [0.25, 0.3) is 0 Å². The highest BCUT2D eigenvalue weighted by atomic mass is 35.5. The second kappa shape index (κ2) is 9.25. The number of aromatic nitrogens is 3. The Labute approximate surface area is 143 Å². The van der Waals surface area contributed by atoms with E-state index in [1.54, 1.807) is 43.4 Å². The lowest BCUT2D eigenvalue weighted by Crippen LogP contribution is -2.05. The van der Waals surface area contributed by atoms with Crippen LogP contribution < -0.4 is 4.74 Å². The van der Waals surface area contributed by atoms with Crippen molar-refractivity contribution in [1.29, 1.82) is 0 Å². The molecule has 0 fully saturated rings. The van der Waals surface area contributed by atoms with Gasteiger partial charge in [0, 0.05) is 26.0 Å². The van der Waals surface area contributed by atoms with Crippen molar-refractivity contribution < 1.29 is 9.47 Å². The van der Waals surface area contributed by atoms with Gasteiger partial charge in [0.2, 0.25) is 0 Å². The summed E-state index contributed by atoms with van der Waals surface area (Å²) in [4.78, 5) is 0. The topological polar surface area (TPSA) is 49.2 Å². The Kier molecular flexibility index (Phi) is 7.32. The third kappa shape index (κ3) is 5.05. The molecule has 0 atom stereocenters. The maximum Gasteiger partial charge on any atom is 0.191 e. The van der Waals surface area contributed by atoms with Crippen LogP contribution in [0.4, 0.5) is 0 Å². The van der Waals surface area contributed by atoms with Gasteiger partial charge in [-0.1, -0.05) is 41.0 Å². The van der Waals surface area contributed by atoms with Crippen molar-refractivity contribution in [2.75, 3.05) is 26.1 Å². The molecule has 2 rings (SSSR count). The first-order valence-corrected chi connectivity index (χ1v) is 8.53. The van der Waals surface area contributed by atoms with Crippen molar-refractivity contribution in [1.82, 2.24) is 14.8 Å². The van der Waals surface area contributed by atoms with Gasteiger partial charge in [-0.05, 0) is 18.6 Å². The van der Waals surface area contributed by atoms with Gasteiger partial charge in [-0.25, -0.2) is 0 Å². The Hall–Kier alpha value is -0.950. The number of benzene rings is 1. The number of hydrogen-bond acceptors (Lipinski definition) is 5. The predicted octanol–water partition coefficient (Wildman–Crippen LogP) is 3.79. The molecule has 0 bridgehead atoms. The molecule has 0 aliphatic rings. The van der Waals surface area contributed by atoms with Crippen LogP contribution in [0.25, 0.3) is 0 Å².